The zero-order chi connectivity index (χ0) is 24.1. The maximum absolute atomic E-state index is 13.0. The Morgan fingerprint density at radius 3 is 2.38 bits per heavy atom. The van der Waals surface area contributed by atoms with Crippen LogP contribution in [0.1, 0.15) is 82.5 Å². The van der Waals surface area contributed by atoms with Crippen molar-refractivity contribution in [3.63, 3.8) is 0 Å². The van der Waals surface area contributed by atoms with Crippen LogP contribution in [0.4, 0.5) is 0 Å². The second-order valence-corrected chi connectivity index (χ2v) is 12.7. The lowest BCUT2D eigenvalue weighted by Crippen LogP contribution is -2.55. The number of carbonyl (C=O) groups excluding carboxylic acids is 2. The van der Waals surface area contributed by atoms with Crippen molar-refractivity contribution in [3.05, 3.63) is 35.9 Å². The Kier molecular flexibility index (Phi) is 6.63. The van der Waals surface area contributed by atoms with E-state index in [1.807, 2.05) is 30.3 Å². The number of fused-ring (bicyclic) bond motifs is 5. The molecule has 4 nitrogen and oxygen atoms in total. The minimum Gasteiger partial charge on any atom is -0.463 e. The highest BCUT2D eigenvalue weighted by atomic mass is 79.9. The second kappa shape index (κ2) is 9.26. The number of esters is 2. The van der Waals surface area contributed by atoms with E-state index in [0.29, 0.717) is 34.7 Å². The van der Waals surface area contributed by atoms with Crippen LogP contribution < -0.4 is 0 Å². The lowest BCUT2D eigenvalue weighted by Gasteiger charge is -2.60. The van der Waals surface area contributed by atoms with E-state index < -0.39 is 0 Å². The van der Waals surface area contributed by atoms with Crippen molar-refractivity contribution in [3.8, 4) is 0 Å². The van der Waals surface area contributed by atoms with Gasteiger partial charge in [0.15, 0.2) is 0 Å². The molecule has 0 amide bonds. The lowest BCUT2D eigenvalue weighted by molar-refractivity contribution is -0.161. The van der Waals surface area contributed by atoms with Crippen LogP contribution in [0.15, 0.2) is 30.3 Å². The standard InChI is InChI=1S/C29H39BrO4/c1-18(31)33-22-11-13-28(2)21(16-22)9-10-23-24(28)12-14-29(3)25(23)15-20(17-30)26(29)34-27(32)19-7-5-4-6-8-19/h4-8,20-26H,9-17H2,1-3H3/t20-,21+,22+,23-,24+,25+,26+,28+,29+/m1/s1. The first kappa shape index (κ1) is 24.3. The summed E-state index contributed by atoms with van der Waals surface area (Å²) in [6.07, 6.45) is 9.25. The summed E-state index contributed by atoms with van der Waals surface area (Å²) in [7, 11) is 0. The molecular formula is C29H39BrO4. The van der Waals surface area contributed by atoms with Crippen molar-refractivity contribution in [2.75, 3.05) is 5.33 Å². The van der Waals surface area contributed by atoms with E-state index in [9.17, 15) is 9.59 Å². The molecule has 1 aromatic rings. The van der Waals surface area contributed by atoms with Gasteiger partial charge >= 0.3 is 11.9 Å². The van der Waals surface area contributed by atoms with E-state index in [2.05, 4.69) is 29.8 Å². The van der Waals surface area contributed by atoms with Gasteiger partial charge in [-0.2, -0.15) is 0 Å². The molecule has 0 spiro atoms. The van der Waals surface area contributed by atoms with Crippen LogP contribution in [0.3, 0.4) is 0 Å². The summed E-state index contributed by atoms with van der Waals surface area (Å²) < 4.78 is 11.9. The summed E-state index contributed by atoms with van der Waals surface area (Å²) in [5.74, 6) is 2.72. The Hall–Kier alpha value is -1.36. The maximum Gasteiger partial charge on any atom is 0.338 e. The van der Waals surface area contributed by atoms with Gasteiger partial charge in [0.05, 0.1) is 5.56 Å². The number of ether oxygens (including phenoxy) is 2. The maximum atomic E-state index is 13.0. The first-order valence-corrected chi connectivity index (χ1v) is 14.4. The fourth-order valence-electron chi connectivity index (χ4n) is 8.83. The van der Waals surface area contributed by atoms with E-state index in [-0.39, 0.29) is 29.6 Å². The average molecular weight is 532 g/mol. The number of halogens is 1. The Balaban J connectivity index is 1.35. The number of hydrogen-bond acceptors (Lipinski definition) is 4. The summed E-state index contributed by atoms with van der Waals surface area (Å²) in [5, 5.41) is 0.882. The van der Waals surface area contributed by atoms with Crippen LogP contribution in [-0.2, 0) is 14.3 Å². The fourth-order valence-corrected chi connectivity index (χ4v) is 9.43. The monoisotopic (exact) mass is 530 g/mol. The van der Waals surface area contributed by atoms with Crippen LogP contribution in [0.2, 0.25) is 0 Å². The van der Waals surface area contributed by atoms with Crippen molar-refractivity contribution in [1.82, 2.24) is 0 Å². The smallest absolute Gasteiger partial charge is 0.338 e. The van der Waals surface area contributed by atoms with Crippen molar-refractivity contribution in [2.24, 2.45) is 40.4 Å². The summed E-state index contributed by atoms with van der Waals surface area (Å²) >= 11 is 3.77. The second-order valence-electron chi connectivity index (χ2n) is 12.0. The van der Waals surface area contributed by atoms with E-state index in [1.54, 1.807) is 0 Å². The highest BCUT2D eigenvalue weighted by Gasteiger charge is 2.63. The highest BCUT2D eigenvalue weighted by molar-refractivity contribution is 9.09. The summed E-state index contributed by atoms with van der Waals surface area (Å²) in [5.41, 5.74) is 1.03. The van der Waals surface area contributed by atoms with Crippen LogP contribution in [0, 0.1) is 40.4 Å². The summed E-state index contributed by atoms with van der Waals surface area (Å²) in [6.45, 7) is 6.48. The quantitative estimate of drug-likeness (QED) is 0.317. The average Bonchev–Trinajstić information content (AvgIpc) is 3.11. The van der Waals surface area contributed by atoms with Gasteiger partial charge in [-0.3, -0.25) is 4.79 Å². The minimum absolute atomic E-state index is 0.0317. The van der Waals surface area contributed by atoms with Gasteiger partial charge in [-0.25, -0.2) is 4.79 Å². The summed E-state index contributed by atoms with van der Waals surface area (Å²) in [6, 6.07) is 9.44. The molecule has 1 aromatic carbocycles. The first-order valence-electron chi connectivity index (χ1n) is 13.3. The molecule has 4 aliphatic rings. The van der Waals surface area contributed by atoms with Crippen LogP contribution in [0.25, 0.3) is 0 Å². The minimum atomic E-state index is -0.181. The molecule has 4 saturated carbocycles. The number of carbonyl (C=O) groups is 2. The van der Waals surface area contributed by atoms with Gasteiger partial charge in [0.2, 0.25) is 0 Å². The molecule has 0 aromatic heterocycles. The predicted molar refractivity (Wildman–Crippen MR) is 136 cm³/mol. The predicted octanol–water partition coefficient (Wildman–Crippen LogP) is 6.81. The molecule has 0 saturated heterocycles. The third-order valence-electron chi connectivity index (χ3n) is 10.5. The molecule has 186 valence electrons. The zero-order valence-corrected chi connectivity index (χ0v) is 22.4. The lowest BCUT2D eigenvalue weighted by atomic mass is 9.45. The Bertz CT molecular complexity index is 918. The van der Waals surface area contributed by atoms with Gasteiger partial charge in [0.25, 0.3) is 0 Å². The van der Waals surface area contributed by atoms with Gasteiger partial charge in [-0.15, -0.1) is 0 Å². The molecule has 0 unspecified atom stereocenters. The summed E-state index contributed by atoms with van der Waals surface area (Å²) in [4.78, 5) is 24.6. The number of rotatable bonds is 4. The molecule has 0 bridgehead atoms. The molecule has 0 radical (unpaired) electrons. The van der Waals surface area contributed by atoms with Gasteiger partial charge in [0.1, 0.15) is 12.2 Å². The molecule has 5 heteroatoms. The zero-order valence-electron chi connectivity index (χ0n) is 20.8. The molecule has 4 aliphatic carbocycles. The largest absolute Gasteiger partial charge is 0.463 e. The molecule has 0 heterocycles. The van der Waals surface area contributed by atoms with E-state index >= 15 is 0 Å². The Morgan fingerprint density at radius 1 is 0.941 bits per heavy atom. The van der Waals surface area contributed by atoms with Crippen LogP contribution in [-0.4, -0.2) is 29.5 Å². The number of benzene rings is 1. The number of alkyl halides is 1. The topological polar surface area (TPSA) is 52.6 Å². The van der Waals surface area contributed by atoms with Gasteiger partial charge < -0.3 is 9.47 Å². The molecule has 5 rings (SSSR count). The van der Waals surface area contributed by atoms with Crippen LogP contribution in [0.5, 0.6) is 0 Å². The third kappa shape index (κ3) is 4.04. The first-order chi connectivity index (χ1) is 16.3. The van der Waals surface area contributed by atoms with Gasteiger partial charge in [0, 0.05) is 23.6 Å². The number of hydrogen-bond donors (Lipinski definition) is 0. The van der Waals surface area contributed by atoms with E-state index in [1.165, 1.54) is 26.2 Å². The van der Waals surface area contributed by atoms with E-state index in [0.717, 1.165) is 43.4 Å². The van der Waals surface area contributed by atoms with Crippen molar-refractivity contribution < 1.29 is 19.1 Å². The Labute approximate surface area is 212 Å². The normalized spacial score (nSPS) is 43.2. The van der Waals surface area contributed by atoms with Gasteiger partial charge in [-0.05, 0) is 92.6 Å². The van der Waals surface area contributed by atoms with Crippen molar-refractivity contribution in [1.29, 1.82) is 0 Å². The Morgan fingerprint density at radius 2 is 1.68 bits per heavy atom. The molecule has 4 fully saturated rings. The van der Waals surface area contributed by atoms with Crippen molar-refractivity contribution >= 4 is 27.9 Å². The van der Waals surface area contributed by atoms with Crippen molar-refractivity contribution in [2.45, 2.75) is 84.3 Å². The van der Waals surface area contributed by atoms with E-state index in [4.69, 9.17) is 9.47 Å². The van der Waals surface area contributed by atoms with Crippen LogP contribution >= 0.6 is 15.9 Å². The molecular weight excluding hydrogens is 492 g/mol. The SMILES string of the molecule is CC(=O)O[C@H]1CC[C@@]2(C)[C@@H](CC[C@@H]3[C@@H]2CC[C@@]2(C)[C@H]3C[C@H](CBr)[C@@H]2OC(=O)c2ccccc2)C1. The highest BCUT2D eigenvalue weighted by Crippen LogP contribution is 2.67. The van der Waals surface area contributed by atoms with Gasteiger partial charge in [-0.1, -0.05) is 48.0 Å². The fraction of sp³-hybridized carbons (Fsp3) is 0.724. The molecule has 9 atom stereocenters. The molecule has 0 aliphatic heterocycles. The third-order valence-corrected chi connectivity index (χ3v) is 11.3. The molecule has 0 N–H and O–H groups in total. The molecule has 34 heavy (non-hydrogen) atoms.